The molecule has 5 nitrogen and oxygen atoms in total. The number of hydrogen-bond acceptors (Lipinski definition) is 4. The van der Waals surface area contributed by atoms with Crippen LogP contribution in [0.15, 0.2) is 18.2 Å². The van der Waals surface area contributed by atoms with Gasteiger partial charge < -0.3 is 19.5 Å². The van der Waals surface area contributed by atoms with Crippen molar-refractivity contribution in [2.45, 2.75) is 26.3 Å². The maximum absolute atomic E-state index is 12.4. The second kappa shape index (κ2) is 6.61. The highest BCUT2D eigenvalue weighted by Crippen LogP contribution is 2.29. The fourth-order valence-electron chi connectivity index (χ4n) is 1.65. The zero-order chi connectivity index (χ0) is 15.3. The summed E-state index contributed by atoms with van der Waals surface area (Å²) >= 11 is 0. The summed E-state index contributed by atoms with van der Waals surface area (Å²) in [5.74, 6) is 0.955. The molecule has 0 atom stereocenters. The van der Waals surface area contributed by atoms with Crippen LogP contribution in [0.1, 0.15) is 31.1 Å². The molecule has 20 heavy (non-hydrogen) atoms. The number of aliphatic hydroxyl groups is 1. The maximum Gasteiger partial charge on any atom is 0.254 e. The van der Waals surface area contributed by atoms with E-state index >= 15 is 0 Å². The average Bonchev–Trinajstić information content (AvgIpc) is 2.45. The Morgan fingerprint density at radius 3 is 2.50 bits per heavy atom. The summed E-state index contributed by atoms with van der Waals surface area (Å²) in [6, 6.07) is 5.06. The van der Waals surface area contributed by atoms with Crippen molar-refractivity contribution < 1.29 is 19.4 Å². The van der Waals surface area contributed by atoms with Crippen molar-refractivity contribution in [3.05, 3.63) is 23.8 Å². The number of methoxy groups -OCH3 is 1. The summed E-state index contributed by atoms with van der Waals surface area (Å²) in [4.78, 5) is 13.9. The van der Waals surface area contributed by atoms with Gasteiger partial charge in [-0.3, -0.25) is 4.79 Å². The van der Waals surface area contributed by atoms with Crippen molar-refractivity contribution in [3.63, 3.8) is 0 Å². The number of amides is 1. The number of likely N-dealkylation sites (N-methyl/N-ethyl adjacent to an activating group) is 1. The highest BCUT2D eigenvalue weighted by Gasteiger charge is 2.28. The van der Waals surface area contributed by atoms with E-state index in [1.807, 2.05) is 6.92 Å². The van der Waals surface area contributed by atoms with Gasteiger partial charge in [0.2, 0.25) is 0 Å². The molecule has 0 aliphatic heterocycles. The smallest absolute Gasteiger partial charge is 0.254 e. The molecule has 1 N–H and O–H groups in total. The minimum Gasteiger partial charge on any atom is -0.493 e. The number of aliphatic hydroxyl groups excluding tert-OH is 1. The molecule has 1 amide bonds. The van der Waals surface area contributed by atoms with Gasteiger partial charge in [-0.1, -0.05) is 0 Å². The summed E-state index contributed by atoms with van der Waals surface area (Å²) < 4.78 is 10.7. The topological polar surface area (TPSA) is 59.0 Å². The van der Waals surface area contributed by atoms with E-state index in [0.717, 1.165) is 0 Å². The average molecular weight is 281 g/mol. The molecule has 0 unspecified atom stereocenters. The van der Waals surface area contributed by atoms with Gasteiger partial charge >= 0.3 is 0 Å². The first-order valence-electron chi connectivity index (χ1n) is 6.57. The molecule has 0 spiro atoms. The lowest BCUT2D eigenvalue weighted by molar-refractivity contribution is 0.0473. The van der Waals surface area contributed by atoms with Gasteiger partial charge in [-0.25, -0.2) is 0 Å². The van der Waals surface area contributed by atoms with Crippen molar-refractivity contribution >= 4 is 5.91 Å². The lowest BCUT2D eigenvalue weighted by Crippen LogP contribution is -2.47. The fraction of sp³-hybridized carbons (Fsp3) is 0.533. The minimum atomic E-state index is -0.622. The first kappa shape index (κ1) is 16.3. The van der Waals surface area contributed by atoms with Crippen LogP contribution in [0.25, 0.3) is 0 Å². The van der Waals surface area contributed by atoms with Crippen molar-refractivity contribution in [1.82, 2.24) is 4.90 Å². The molecular formula is C15H23NO4. The van der Waals surface area contributed by atoms with E-state index in [0.29, 0.717) is 23.7 Å². The molecule has 112 valence electrons. The van der Waals surface area contributed by atoms with E-state index in [4.69, 9.17) is 9.47 Å². The zero-order valence-corrected chi connectivity index (χ0v) is 12.8. The predicted octanol–water partition coefficient (Wildman–Crippen LogP) is 1.94. The van der Waals surface area contributed by atoms with Gasteiger partial charge in [-0.2, -0.15) is 0 Å². The molecular weight excluding hydrogens is 258 g/mol. The monoisotopic (exact) mass is 281 g/mol. The highest BCUT2D eigenvalue weighted by molar-refractivity contribution is 5.95. The van der Waals surface area contributed by atoms with Crippen molar-refractivity contribution in [3.8, 4) is 11.5 Å². The largest absolute Gasteiger partial charge is 0.493 e. The Hall–Kier alpha value is -1.75. The van der Waals surface area contributed by atoms with Gasteiger partial charge in [0.1, 0.15) is 0 Å². The van der Waals surface area contributed by atoms with Gasteiger partial charge in [0.15, 0.2) is 11.5 Å². The molecule has 0 radical (unpaired) electrons. The predicted molar refractivity (Wildman–Crippen MR) is 77.4 cm³/mol. The Balaban J connectivity index is 3.08. The van der Waals surface area contributed by atoms with E-state index in [9.17, 15) is 9.90 Å². The molecule has 0 aromatic heterocycles. The normalized spacial score (nSPS) is 11.1. The van der Waals surface area contributed by atoms with E-state index in [1.54, 1.807) is 46.2 Å². The minimum absolute atomic E-state index is 0.107. The van der Waals surface area contributed by atoms with Crippen molar-refractivity contribution in [2.24, 2.45) is 0 Å². The molecule has 0 heterocycles. The zero-order valence-electron chi connectivity index (χ0n) is 12.8. The van der Waals surface area contributed by atoms with E-state index in [1.165, 1.54) is 4.90 Å². The summed E-state index contributed by atoms with van der Waals surface area (Å²) in [6.45, 7) is 5.86. The highest BCUT2D eigenvalue weighted by atomic mass is 16.5. The van der Waals surface area contributed by atoms with Crippen LogP contribution in [0, 0.1) is 0 Å². The van der Waals surface area contributed by atoms with Gasteiger partial charge in [0, 0.05) is 12.6 Å². The van der Waals surface area contributed by atoms with Crippen LogP contribution in [-0.4, -0.2) is 48.8 Å². The van der Waals surface area contributed by atoms with Crippen LogP contribution in [0.4, 0.5) is 0 Å². The van der Waals surface area contributed by atoms with E-state index < -0.39 is 5.54 Å². The Morgan fingerprint density at radius 2 is 2.00 bits per heavy atom. The Morgan fingerprint density at radius 1 is 1.35 bits per heavy atom. The molecule has 0 aliphatic rings. The molecule has 1 aromatic carbocycles. The van der Waals surface area contributed by atoms with E-state index in [-0.39, 0.29) is 12.5 Å². The first-order valence-corrected chi connectivity index (χ1v) is 6.57. The third-order valence-corrected chi connectivity index (χ3v) is 3.31. The number of hydrogen-bond donors (Lipinski definition) is 1. The third-order valence-electron chi connectivity index (χ3n) is 3.31. The van der Waals surface area contributed by atoms with Crippen LogP contribution in [-0.2, 0) is 0 Å². The number of rotatable bonds is 6. The third kappa shape index (κ3) is 3.42. The quantitative estimate of drug-likeness (QED) is 0.865. The van der Waals surface area contributed by atoms with Gasteiger partial charge in [0.05, 0.1) is 25.9 Å². The second-order valence-corrected chi connectivity index (χ2v) is 5.13. The number of nitrogens with zero attached hydrogens (tertiary/aromatic N) is 1. The summed E-state index contributed by atoms with van der Waals surface area (Å²) in [7, 11) is 3.23. The fourth-order valence-corrected chi connectivity index (χ4v) is 1.65. The Labute approximate surface area is 120 Å². The maximum atomic E-state index is 12.4. The number of benzene rings is 1. The molecule has 0 aliphatic carbocycles. The molecule has 0 fully saturated rings. The number of carbonyl (C=O) groups is 1. The van der Waals surface area contributed by atoms with Gasteiger partial charge in [-0.05, 0) is 39.0 Å². The van der Waals surface area contributed by atoms with Crippen LogP contribution < -0.4 is 9.47 Å². The second-order valence-electron chi connectivity index (χ2n) is 5.13. The first-order chi connectivity index (χ1) is 9.37. The standard InChI is InChI=1S/C15H23NO4/c1-6-20-13-9-11(7-8-12(13)19-5)14(18)16(4)15(2,3)10-17/h7-9,17H,6,10H2,1-5H3. The summed E-state index contributed by atoms with van der Waals surface area (Å²) in [5, 5.41) is 9.34. The molecule has 0 saturated heterocycles. The molecule has 1 aromatic rings. The van der Waals surface area contributed by atoms with Crippen LogP contribution in [0.3, 0.4) is 0 Å². The van der Waals surface area contributed by atoms with Crippen molar-refractivity contribution in [1.29, 1.82) is 0 Å². The van der Waals surface area contributed by atoms with Gasteiger partial charge in [0.25, 0.3) is 5.91 Å². The SMILES string of the molecule is CCOc1cc(C(=O)N(C)C(C)(C)CO)ccc1OC. The van der Waals surface area contributed by atoms with E-state index in [2.05, 4.69) is 0 Å². The molecule has 1 rings (SSSR count). The van der Waals surface area contributed by atoms with Gasteiger partial charge in [-0.15, -0.1) is 0 Å². The summed E-state index contributed by atoms with van der Waals surface area (Å²) in [5.41, 5.74) is -0.124. The lowest BCUT2D eigenvalue weighted by atomic mass is 10.0. The Kier molecular flexibility index (Phi) is 5.39. The molecule has 0 bridgehead atoms. The van der Waals surface area contributed by atoms with Crippen LogP contribution >= 0.6 is 0 Å². The lowest BCUT2D eigenvalue weighted by Gasteiger charge is -2.34. The summed E-state index contributed by atoms with van der Waals surface area (Å²) in [6.07, 6.45) is 0. The molecule has 5 heteroatoms. The number of carbonyl (C=O) groups excluding carboxylic acids is 1. The van der Waals surface area contributed by atoms with Crippen LogP contribution in [0.5, 0.6) is 11.5 Å². The van der Waals surface area contributed by atoms with Crippen molar-refractivity contribution in [2.75, 3.05) is 27.4 Å². The van der Waals surface area contributed by atoms with Crippen LogP contribution in [0.2, 0.25) is 0 Å². The number of ether oxygens (including phenoxy) is 2. The Bertz CT molecular complexity index is 471. The molecule has 0 saturated carbocycles.